The van der Waals surface area contributed by atoms with E-state index in [4.69, 9.17) is 16.3 Å². The van der Waals surface area contributed by atoms with Crippen LogP contribution in [0.15, 0.2) is 35.1 Å². The van der Waals surface area contributed by atoms with Crippen LogP contribution in [0.3, 0.4) is 0 Å². The number of morpholine rings is 1. The molecular formula is C18H18ClN5O3. The minimum Gasteiger partial charge on any atom is -0.378 e. The fraction of sp³-hybridized carbons (Fsp3) is 0.333. The van der Waals surface area contributed by atoms with Crippen molar-refractivity contribution < 1.29 is 9.53 Å². The van der Waals surface area contributed by atoms with Crippen LogP contribution in [0.5, 0.6) is 0 Å². The van der Waals surface area contributed by atoms with Crippen molar-refractivity contribution in [3.05, 3.63) is 51.4 Å². The van der Waals surface area contributed by atoms with Crippen molar-refractivity contribution in [1.29, 1.82) is 0 Å². The SMILES string of the molecule is Cc1cc(=O)n2nc(-c3ccc(Cl)cc3)nc2n1CC(=O)N1CCOCC1. The van der Waals surface area contributed by atoms with Crippen LogP contribution < -0.4 is 5.56 Å². The molecular weight excluding hydrogens is 370 g/mol. The third-order valence-electron chi connectivity index (χ3n) is 4.56. The molecule has 0 N–H and O–H groups in total. The van der Waals surface area contributed by atoms with E-state index in [1.807, 2.05) is 0 Å². The maximum Gasteiger partial charge on any atom is 0.275 e. The lowest BCUT2D eigenvalue weighted by atomic mass is 10.2. The standard InChI is InChI=1S/C18H18ClN5O3/c1-12-10-15(25)24-18(20-17(21-24)13-2-4-14(19)5-3-13)23(12)11-16(26)22-6-8-27-9-7-22/h2-5,10H,6-9,11H2,1H3. The second-order valence-electron chi connectivity index (χ2n) is 6.36. The number of carbonyl (C=O) groups is 1. The summed E-state index contributed by atoms with van der Waals surface area (Å²) < 4.78 is 8.23. The Kier molecular flexibility index (Phi) is 4.67. The van der Waals surface area contributed by atoms with Gasteiger partial charge < -0.3 is 14.2 Å². The Morgan fingerprint density at radius 2 is 1.93 bits per heavy atom. The second-order valence-corrected chi connectivity index (χ2v) is 6.79. The number of rotatable bonds is 3. The molecule has 2 aromatic heterocycles. The molecule has 1 aliphatic rings. The Morgan fingerprint density at radius 3 is 2.63 bits per heavy atom. The number of ether oxygens (including phenoxy) is 1. The van der Waals surface area contributed by atoms with Crippen LogP contribution >= 0.6 is 11.6 Å². The van der Waals surface area contributed by atoms with Crippen LogP contribution in [0.1, 0.15) is 5.69 Å². The van der Waals surface area contributed by atoms with Gasteiger partial charge in [0, 0.05) is 35.4 Å². The highest BCUT2D eigenvalue weighted by atomic mass is 35.5. The Balaban J connectivity index is 1.74. The van der Waals surface area contributed by atoms with Gasteiger partial charge in [0.05, 0.1) is 13.2 Å². The fourth-order valence-electron chi connectivity index (χ4n) is 3.07. The van der Waals surface area contributed by atoms with E-state index in [9.17, 15) is 9.59 Å². The third kappa shape index (κ3) is 3.45. The molecule has 3 heterocycles. The first-order valence-electron chi connectivity index (χ1n) is 8.61. The smallest absolute Gasteiger partial charge is 0.275 e. The number of carbonyl (C=O) groups excluding carboxylic acids is 1. The van der Waals surface area contributed by atoms with Gasteiger partial charge in [0.15, 0.2) is 5.82 Å². The number of halogens is 1. The maximum absolute atomic E-state index is 12.7. The van der Waals surface area contributed by atoms with Crippen LogP contribution in [-0.2, 0) is 16.1 Å². The summed E-state index contributed by atoms with van der Waals surface area (Å²) in [5.74, 6) is 0.705. The first kappa shape index (κ1) is 17.7. The molecule has 1 fully saturated rings. The van der Waals surface area contributed by atoms with Gasteiger partial charge in [-0.1, -0.05) is 11.6 Å². The average molecular weight is 388 g/mol. The molecule has 4 rings (SSSR count). The summed E-state index contributed by atoms with van der Waals surface area (Å²) in [4.78, 5) is 31.3. The first-order valence-corrected chi connectivity index (χ1v) is 8.99. The number of aryl methyl sites for hydroxylation is 1. The van der Waals surface area contributed by atoms with Crippen LogP contribution in [-0.4, -0.2) is 56.3 Å². The van der Waals surface area contributed by atoms with E-state index in [-0.39, 0.29) is 18.0 Å². The Labute approximate surface area is 159 Å². The van der Waals surface area contributed by atoms with Crippen molar-refractivity contribution in [1.82, 2.24) is 24.1 Å². The summed E-state index contributed by atoms with van der Waals surface area (Å²) in [6.45, 7) is 4.08. The molecule has 0 spiro atoms. The fourth-order valence-corrected chi connectivity index (χ4v) is 3.19. The molecule has 3 aromatic rings. The number of amides is 1. The van der Waals surface area contributed by atoms with E-state index in [0.717, 1.165) is 5.56 Å². The molecule has 1 aromatic carbocycles. The highest BCUT2D eigenvalue weighted by molar-refractivity contribution is 6.30. The molecule has 9 heteroatoms. The number of hydrogen-bond donors (Lipinski definition) is 0. The minimum atomic E-state index is -0.287. The van der Waals surface area contributed by atoms with E-state index in [2.05, 4.69) is 10.1 Å². The van der Waals surface area contributed by atoms with Gasteiger partial charge in [0.1, 0.15) is 6.54 Å². The second kappa shape index (κ2) is 7.13. The molecule has 1 aliphatic heterocycles. The van der Waals surface area contributed by atoms with Gasteiger partial charge in [-0.25, -0.2) is 0 Å². The van der Waals surface area contributed by atoms with Crippen molar-refractivity contribution in [3.63, 3.8) is 0 Å². The summed E-state index contributed by atoms with van der Waals surface area (Å²) in [6, 6.07) is 8.51. The summed E-state index contributed by atoms with van der Waals surface area (Å²) in [5.41, 5.74) is 1.11. The molecule has 140 valence electrons. The van der Waals surface area contributed by atoms with Crippen molar-refractivity contribution >= 4 is 23.3 Å². The molecule has 0 saturated carbocycles. The van der Waals surface area contributed by atoms with E-state index in [0.29, 0.717) is 48.6 Å². The van der Waals surface area contributed by atoms with Crippen molar-refractivity contribution in [2.24, 2.45) is 0 Å². The predicted octanol–water partition coefficient (Wildman–Crippen LogP) is 1.38. The first-order chi connectivity index (χ1) is 13.0. The van der Waals surface area contributed by atoms with Crippen molar-refractivity contribution in [2.45, 2.75) is 13.5 Å². The lowest BCUT2D eigenvalue weighted by Gasteiger charge is -2.27. The molecule has 1 amide bonds. The Morgan fingerprint density at radius 1 is 1.22 bits per heavy atom. The zero-order valence-corrected chi connectivity index (χ0v) is 15.5. The largest absolute Gasteiger partial charge is 0.378 e. The van der Waals surface area contributed by atoms with Gasteiger partial charge in [-0.2, -0.15) is 9.50 Å². The molecule has 0 unspecified atom stereocenters. The minimum absolute atomic E-state index is 0.0389. The number of fused-ring (bicyclic) bond motifs is 1. The van der Waals surface area contributed by atoms with Crippen LogP contribution in [0.2, 0.25) is 5.02 Å². The Hall–Kier alpha value is -2.71. The van der Waals surface area contributed by atoms with Gasteiger partial charge in [-0.05, 0) is 31.2 Å². The van der Waals surface area contributed by atoms with Crippen LogP contribution in [0.25, 0.3) is 17.2 Å². The molecule has 8 nitrogen and oxygen atoms in total. The number of benzene rings is 1. The monoisotopic (exact) mass is 387 g/mol. The average Bonchev–Trinajstić information content (AvgIpc) is 3.12. The number of nitrogens with zero attached hydrogens (tertiary/aromatic N) is 5. The third-order valence-corrected chi connectivity index (χ3v) is 4.81. The van der Waals surface area contributed by atoms with E-state index in [1.165, 1.54) is 10.6 Å². The van der Waals surface area contributed by atoms with Gasteiger partial charge in [0.25, 0.3) is 5.56 Å². The van der Waals surface area contributed by atoms with Crippen molar-refractivity contribution in [3.8, 4) is 11.4 Å². The normalized spacial score (nSPS) is 14.7. The molecule has 0 atom stereocenters. The highest BCUT2D eigenvalue weighted by Gasteiger charge is 2.20. The lowest BCUT2D eigenvalue weighted by Crippen LogP contribution is -2.42. The molecule has 0 aliphatic carbocycles. The molecule has 1 saturated heterocycles. The van der Waals surface area contributed by atoms with Gasteiger partial charge in [-0.15, -0.1) is 5.10 Å². The molecule has 27 heavy (non-hydrogen) atoms. The molecule has 0 bridgehead atoms. The molecule has 0 radical (unpaired) electrons. The quantitative estimate of drug-likeness (QED) is 0.678. The zero-order chi connectivity index (χ0) is 19.0. The topological polar surface area (TPSA) is 81.7 Å². The van der Waals surface area contributed by atoms with E-state index < -0.39 is 0 Å². The van der Waals surface area contributed by atoms with Gasteiger partial charge in [0.2, 0.25) is 11.7 Å². The van der Waals surface area contributed by atoms with Crippen LogP contribution in [0.4, 0.5) is 0 Å². The predicted molar refractivity (Wildman–Crippen MR) is 99.8 cm³/mol. The lowest BCUT2D eigenvalue weighted by molar-refractivity contribution is -0.135. The van der Waals surface area contributed by atoms with E-state index >= 15 is 0 Å². The van der Waals surface area contributed by atoms with Gasteiger partial charge >= 0.3 is 0 Å². The zero-order valence-electron chi connectivity index (χ0n) is 14.8. The van der Waals surface area contributed by atoms with Gasteiger partial charge in [-0.3, -0.25) is 9.59 Å². The summed E-state index contributed by atoms with van der Waals surface area (Å²) in [7, 11) is 0. The summed E-state index contributed by atoms with van der Waals surface area (Å²) in [5, 5.41) is 4.92. The highest BCUT2D eigenvalue weighted by Crippen LogP contribution is 2.19. The van der Waals surface area contributed by atoms with Crippen LogP contribution in [0, 0.1) is 6.92 Å². The number of hydrogen-bond acceptors (Lipinski definition) is 5. The maximum atomic E-state index is 12.7. The Bertz CT molecular complexity index is 1050. The summed E-state index contributed by atoms with van der Waals surface area (Å²) in [6.07, 6.45) is 0. The number of aromatic nitrogens is 4. The van der Waals surface area contributed by atoms with E-state index in [1.54, 1.807) is 40.7 Å². The summed E-state index contributed by atoms with van der Waals surface area (Å²) >= 11 is 5.93. The van der Waals surface area contributed by atoms with Crippen molar-refractivity contribution in [2.75, 3.05) is 26.3 Å².